The van der Waals surface area contributed by atoms with Gasteiger partial charge >= 0.3 is 0 Å². The summed E-state index contributed by atoms with van der Waals surface area (Å²) >= 11 is 0. The van der Waals surface area contributed by atoms with E-state index in [4.69, 9.17) is 4.74 Å². The van der Waals surface area contributed by atoms with Crippen LogP contribution in [0.25, 0.3) is 0 Å². The van der Waals surface area contributed by atoms with Gasteiger partial charge in [-0.3, -0.25) is 0 Å². The minimum Gasteiger partial charge on any atom is -0.384 e. The van der Waals surface area contributed by atoms with Crippen LogP contribution in [-0.4, -0.2) is 29.7 Å². The molecule has 18 heavy (non-hydrogen) atoms. The van der Waals surface area contributed by atoms with Crippen LogP contribution in [0.1, 0.15) is 44.3 Å². The van der Waals surface area contributed by atoms with Crippen molar-refractivity contribution in [1.29, 1.82) is 0 Å². The molecule has 0 amide bonds. The van der Waals surface area contributed by atoms with Crippen LogP contribution in [0.15, 0.2) is 6.20 Å². The molecule has 0 aromatic carbocycles. The Morgan fingerprint density at radius 1 is 1.33 bits per heavy atom. The maximum Gasteiger partial charge on any atom is 0.130 e. The van der Waals surface area contributed by atoms with Crippen molar-refractivity contribution in [2.45, 2.75) is 52.6 Å². The van der Waals surface area contributed by atoms with Crippen LogP contribution < -0.4 is 5.32 Å². The molecule has 0 saturated carbocycles. The number of aryl methyl sites for hydroxylation is 1. The molecule has 0 spiro atoms. The first-order valence-corrected chi connectivity index (χ1v) is 6.73. The lowest BCUT2D eigenvalue weighted by Gasteiger charge is -2.12. The van der Waals surface area contributed by atoms with Gasteiger partial charge in [0, 0.05) is 43.6 Å². The first kappa shape index (κ1) is 15.1. The summed E-state index contributed by atoms with van der Waals surface area (Å²) in [6.07, 6.45) is 4.86. The Morgan fingerprint density at radius 3 is 2.72 bits per heavy atom. The van der Waals surface area contributed by atoms with Crippen molar-refractivity contribution in [3.8, 4) is 0 Å². The lowest BCUT2D eigenvalue weighted by molar-refractivity contribution is 0.200. The third kappa shape index (κ3) is 5.10. The summed E-state index contributed by atoms with van der Waals surface area (Å²) in [4.78, 5) is 9.05. The second-order valence-corrected chi connectivity index (χ2v) is 4.79. The standard InChI is InChI=1S/C14H25N3O/c1-5-6-13-12(9-15-11(2)3)10-16-14(17-13)7-8-18-4/h10-11,15H,5-9H2,1-4H3. The van der Waals surface area contributed by atoms with Gasteiger partial charge < -0.3 is 10.1 Å². The maximum atomic E-state index is 5.06. The van der Waals surface area contributed by atoms with E-state index in [-0.39, 0.29) is 0 Å². The van der Waals surface area contributed by atoms with E-state index in [2.05, 4.69) is 36.1 Å². The molecule has 0 radical (unpaired) electrons. The number of ether oxygens (including phenoxy) is 1. The van der Waals surface area contributed by atoms with E-state index in [1.165, 1.54) is 11.3 Å². The van der Waals surface area contributed by atoms with Gasteiger partial charge in [0.05, 0.1) is 6.61 Å². The Hall–Kier alpha value is -1.00. The van der Waals surface area contributed by atoms with E-state index in [0.29, 0.717) is 12.6 Å². The number of rotatable bonds is 8. The highest BCUT2D eigenvalue weighted by Gasteiger charge is 2.07. The van der Waals surface area contributed by atoms with E-state index >= 15 is 0 Å². The topological polar surface area (TPSA) is 47.0 Å². The van der Waals surface area contributed by atoms with Crippen molar-refractivity contribution in [3.63, 3.8) is 0 Å². The average Bonchev–Trinajstić information content (AvgIpc) is 2.35. The summed E-state index contributed by atoms with van der Waals surface area (Å²) in [5, 5.41) is 3.42. The SMILES string of the molecule is CCCc1nc(CCOC)ncc1CNC(C)C. The molecule has 1 heterocycles. The van der Waals surface area contributed by atoms with Gasteiger partial charge in [-0.05, 0) is 6.42 Å². The second-order valence-electron chi connectivity index (χ2n) is 4.79. The van der Waals surface area contributed by atoms with Crippen molar-refractivity contribution >= 4 is 0 Å². The minimum atomic E-state index is 0.479. The molecule has 4 nitrogen and oxygen atoms in total. The molecule has 0 atom stereocenters. The first-order valence-electron chi connectivity index (χ1n) is 6.73. The zero-order valence-corrected chi connectivity index (χ0v) is 12.0. The van der Waals surface area contributed by atoms with E-state index in [1.54, 1.807) is 7.11 Å². The fraction of sp³-hybridized carbons (Fsp3) is 0.714. The molecule has 0 aliphatic heterocycles. The van der Waals surface area contributed by atoms with Crippen molar-refractivity contribution in [2.75, 3.05) is 13.7 Å². The van der Waals surface area contributed by atoms with E-state index < -0.39 is 0 Å². The number of hydrogen-bond donors (Lipinski definition) is 1. The van der Waals surface area contributed by atoms with E-state index in [1.807, 2.05) is 6.20 Å². The molecule has 1 aromatic rings. The Kier molecular flexibility index (Phi) is 6.83. The summed E-state index contributed by atoms with van der Waals surface area (Å²) in [6.45, 7) is 7.99. The van der Waals surface area contributed by atoms with E-state index in [9.17, 15) is 0 Å². The third-order valence-corrected chi connectivity index (χ3v) is 2.72. The Labute approximate surface area is 110 Å². The van der Waals surface area contributed by atoms with Crippen molar-refractivity contribution in [2.24, 2.45) is 0 Å². The van der Waals surface area contributed by atoms with E-state index in [0.717, 1.165) is 31.6 Å². The molecule has 102 valence electrons. The van der Waals surface area contributed by atoms with Gasteiger partial charge in [-0.15, -0.1) is 0 Å². The normalized spacial score (nSPS) is 11.2. The van der Waals surface area contributed by atoms with Gasteiger partial charge in [-0.1, -0.05) is 27.2 Å². The summed E-state index contributed by atoms with van der Waals surface area (Å²) in [5.41, 5.74) is 2.39. The smallest absolute Gasteiger partial charge is 0.130 e. The van der Waals surface area contributed by atoms with Gasteiger partial charge in [0.15, 0.2) is 0 Å². The van der Waals surface area contributed by atoms with Gasteiger partial charge in [0.1, 0.15) is 5.82 Å². The quantitative estimate of drug-likeness (QED) is 0.769. The molecule has 4 heteroatoms. The summed E-state index contributed by atoms with van der Waals surface area (Å²) < 4.78 is 5.06. The largest absolute Gasteiger partial charge is 0.384 e. The van der Waals surface area contributed by atoms with Crippen molar-refractivity contribution in [3.05, 3.63) is 23.3 Å². The highest BCUT2D eigenvalue weighted by Crippen LogP contribution is 2.09. The molecule has 0 fully saturated rings. The average molecular weight is 251 g/mol. The number of hydrogen-bond acceptors (Lipinski definition) is 4. The van der Waals surface area contributed by atoms with Crippen LogP contribution in [0, 0.1) is 0 Å². The number of aromatic nitrogens is 2. The fourth-order valence-corrected chi connectivity index (χ4v) is 1.71. The molecule has 0 aliphatic rings. The molecular formula is C14H25N3O. The number of methoxy groups -OCH3 is 1. The van der Waals surface area contributed by atoms with Crippen LogP contribution in [0.5, 0.6) is 0 Å². The monoisotopic (exact) mass is 251 g/mol. The van der Waals surface area contributed by atoms with Gasteiger partial charge in [-0.25, -0.2) is 9.97 Å². The maximum absolute atomic E-state index is 5.06. The van der Waals surface area contributed by atoms with Crippen LogP contribution in [0.2, 0.25) is 0 Å². The fourth-order valence-electron chi connectivity index (χ4n) is 1.71. The summed E-state index contributed by atoms with van der Waals surface area (Å²) in [6, 6.07) is 0.479. The zero-order chi connectivity index (χ0) is 13.4. The second kappa shape index (κ2) is 8.16. The zero-order valence-electron chi connectivity index (χ0n) is 12.0. The molecule has 1 aromatic heterocycles. The lowest BCUT2D eigenvalue weighted by atomic mass is 10.1. The Balaban J connectivity index is 2.75. The molecule has 1 rings (SSSR count). The minimum absolute atomic E-state index is 0.479. The molecular weight excluding hydrogens is 226 g/mol. The molecule has 0 aliphatic carbocycles. The lowest BCUT2D eigenvalue weighted by Crippen LogP contribution is -2.23. The predicted octanol–water partition coefficient (Wildman–Crippen LogP) is 2.12. The van der Waals surface area contributed by atoms with Gasteiger partial charge in [0.25, 0.3) is 0 Å². The summed E-state index contributed by atoms with van der Waals surface area (Å²) in [7, 11) is 1.70. The van der Waals surface area contributed by atoms with Crippen molar-refractivity contribution in [1.82, 2.24) is 15.3 Å². The van der Waals surface area contributed by atoms with Gasteiger partial charge in [0.2, 0.25) is 0 Å². The van der Waals surface area contributed by atoms with Crippen LogP contribution in [-0.2, 0) is 24.1 Å². The Morgan fingerprint density at radius 2 is 2.11 bits per heavy atom. The molecule has 0 saturated heterocycles. The van der Waals surface area contributed by atoms with Crippen LogP contribution >= 0.6 is 0 Å². The molecule has 0 unspecified atom stereocenters. The Bertz CT molecular complexity index is 353. The molecule has 1 N–H and O–H groups in total. The predicted molar refractivity (Wildman–Crippen MR) is 73.6 cm³/mol. The van der Waals surface area contributed by atoms with Crippen molar-refractivity contribution < 1.29 is 4.74 Å². The highest BCUT2D eigenvalue weighted by atomic mass is 16.5. The van der Waals surface area contributed by atoms with Crippen LogP contribution in [0.3, 0.4) is 0 Å². The highest BCUT2D eigenvalue weighted by molar-refractivity contribution is 5.18. The van der Waals surface area contributed by atoms with Crippen LogP contribution in [0.4, 0.5) is 0 Å². The number of nitrogens with zero attached hydrogens (tertiary/aromatic N) is 2. The number of nitrogens with one attached hydrogen (secondary N) is 1. The first-order chi connectivity index (χ1) is 8.67. The third-order valence-electron chi connectivity index (χ3n) is 2.72. The molecule has 0 bridgehead atoms. The summed E-state index contributed by atoms with van der Waals surface area (Å²) in [5.74, 6) is 0.883. The van der Waals surface area contributed by atoms with Gasteiger partial charge in [-0.2, -0.15) is 0 Å².